The van der Waals surface area contributed by atoms with Crippen LogP contribution < -0.4 is 10.2 Å². The van der Waals surface area contributed by atoms with Crippen LogP contribution in [-0.2, 0) is 4.79 Å². The molecule has 0 saturated heterocycles. The van der Waals surface area contributed by atoms with Gasteiger partial charge in [-0.2, -0.15) is 5.10 Å². The molecule has 2 bridgehead atoms. The quantitative estimate of drug-likeness (QED) is 0.845. The molecule has 0 unspecified atom stereocenters. The number of ether oxygens (including phenoxy) is 1. The second-order valence-corrected chi connectivity index (χ2v) is 7.71. The van der Waals surface area contributed by atoms with Crippen molar-refractivity contribution in [2.24, 2.45) is 21.8 Å². The lowest BCUT2D eigenvalue weighted by atomic mass is 9.70. The van der Waals surface area contributed by atoms with Crippen LogP contribution in [-0.4, -0.2) is 18.2 Å². The van der Waals surface area contributed by atoms with E-state index in [9.17, 15) is 4.79 Å². The molecule has 2 fully saturated rings. The van der Waals surface area contributed by atoms with Crippen LogP contribution in [0.4, 0.5) is 0 Å². The van der Waals surface area contributed by atoms with Crippen molar-refractivity contribution in [1.29, 1.82) is 0 Å². The van der Waals surface area contributed by atoms with Gasteiger partial charge < -0.3 is 4.74 Å². The van der Waals surface area contributed by atoms with E-state index >= 15 is 0 Å². The van der Waals surface area contributed by atoms with Crippen molar-refractivity contribution in [3.63, 3.8) is 0 Å². The van der Waals surface area contributed by atoms with Gasteiger partial charge in [0.1, 0.15) is 5.75 Å². The Balaban J connectivity index is 1.59. The molecule has 2 aliphatic rings. The first-order valence-corrected chi connectivity index (χ1v) is 8.45. The third-order valence-corrected chi connectivity index (χ3v) is 6.34. The van der Waals surface area contributed by atoms with Gasteiger partial charge in [0.25, 0.3) is 5.91 Å². The molecule has 1 aromatic rings. The zero-order valence-corrected chi connectivity index (χ0v) is 14.6. The lowest BCUT2D eigenvalue weighted by Gasteiger charge is -2.34. The minimum atomic E-state index is -0.262. The summed E-state index contributed by atoms with van der Waals surface area (Å²) in [6.45, 7) is 6.81. The molecular formula is C18H23ClN2O2. The molecular weight excluding hydrogens is 312 g/mol. The highest BCUT2D eigenvalue weighted by molar-refractivity contribution is 6.32. The fraction of sp³-hybridized carbons (Fsp3) is 0.556. The van der Waals surface area contributed by atoms with Gasteiger partial charge in [0.2, 0.25) is 0 Å². The first kappa shape index (κ1) is 16.3. The molecule has 0 spiro atoms. The van der Waals surface area contributed by atoms with Gasteiger partial charge in [0.15, 0.2) is 6.61 Å². The first-order valence-electron chi connectivity index (χ1n) is 8.08. The summed E-state index contributed by atoms with van der Waals surface area (Å²) in [6.07, 6.45) is 3.39. The number of halogens is 1. The van der Waals surface area contributed by atoms with Crippen molar-refractivity contribution >= 4 is 23.2 Å². The van der Waals surface area contributed by atoms with Crippen molar-refractivity contribution in [2.75, 3.05) is 6.61 Å². The van der Waals surface area contributed by atoms with E-state index in [0.29, 0.717) is 16.7 Å². The zero-order chi connectivity index (χ0) is 16.7. The number of carbonyl (C=O) groups excluding carboxylic acids is 1. The van der Waals surface area contributed by atoms with Crippen LogP contribution in [0.1, 0.15) is 40.0 Å². The van der Waals surface area contributed by atoms with Gasteiger partial charge in [-0.3, -0.25) is 4.79 Å². The third-order valence-electron chi connectivity index (χ3n) is 6.02. The summed E-state index contributed by atoms with van der Waals surface area (Å²) >= 11 is 6.00. The second kappa shape index (κ2) is 5.82. The summed E-state index contributed by atoms with van der Waals surface area (Å²) in [5.74, 6) is 0.911. The number of para-hydroxylation sites is 1. The van der Waals surface area contributed by atoms with Gasteiger partial charge in [0, 0.05) is 11.1 Å². The molecule has 23 heavy (non-hydrogen) atoms. The Morgan fingerprint density at radius 2 is 2.13 bits per heavy atom. The summed E-state index contributed by atoms with van der Waals surface area (Å²) in [6, 6.07) is 7.10. The van der Waals surface area contributed by atoms with Crippen molar-refractivity contribution < 1.29 is 9.53 Å². The third kappa shape index (κ3) is 2.74. The molecule has 0 heterocycles. The Morgan fingerprint density at radius 3 is 2.74 bits per heavy atom. The first-order chi connectivity index (χ1) is 10.8. The molecule has 124 valence electrons. The Kier molecular flexibility index (Phi) is 4.13. The van der Waals surface area contributed by atoms with Crippen LogP contribution >= 0.6 is 11.6 Å². The number of hydrogen-bond acceptors (Lipinski definition) is 3. The molecule has 1 amide bonds. The van der Waals surface area contributed by atoms with Crippen molar-refractivity contribution in [1.82, 2.24) is 5.43 Å². The van der Waals surface area contributed by atoms with Gasteiger partial charge in [-0.05, 0) is 42.7 Å². The minimum Gasteiger partial charge on any atom is -0.482 e. The molecule has 2 atom stereocenters. The average molecular weight is 335 g/mol. The number of amides is 1. The van der Waals surface area contributed by atoms with Gasteiger partial charge in [0.05, 0.1) is 5.02 Å². The van der Waals surface area contributed by atoms with Crippen LogP contribution in [0.15, 0.2) is 29.4 Å². The lowest BCUT2D eigenvalue weighted by Crippen LogP contribution is -2.35. The van der Waals surface area contributed by atoms with Gasteiger partial charge >= 0.3 is 0 Å². The summed E-state index contributed by atoms with van der Waals surface area (Å²) < 4.78 is 5.43. The number of nitrogens with one attached hydrogen (secondary N) is 1. The van der Waals surface area contributed by atoms with Gasteiger partial charge in [-0.25, -0.2) is 5.43 Å². The highest BCUT2D eigenvalue weighted by Gasteiger charge is 2.59. The van der Waals surface area contributed by atoms with Gasteiger partial charge in [-0.15, -0.1) is 0 Å². The van der Waals surface area contributed by atoms with E-state index in [1.54, 1.807) is 12.1 Å². The number of hydrogen-bond donors (Lipinski definition) is 1. The summed E-state index contributed by atoms with van der Waals surface area (Å²) in [4.78, 5) is 12.0. The van der Waals surface area contributed by atoms with Crippen LogP contribution in [0.5, 0.6) is 5.75 Å². The molecule has 3 rings (SSSR count). The van der Waals surface area contributed by atoms with E-state index in [2.05, 4.69) is 31.3 Å². The number of benzene rings is 1. The molecule has 2 aliphatic carbocycles. The number of fused-ring (bicyclic) bond motifs is 2. The largest absolute Gasteiger partial charge is 0.482 e. The zero-order valence-electron chi connectivity index (χ0n) is 13.9. The predicted octanol–water partition coefficient (Wildman–Crippen LogP) is 4.04. The Labute approximate surface area is 142 Å². The van der Waals surface area contributed by atoms with Crippen molar-refractivity contribution in [2.45, 2.75) is 40.0 Å². The molecule has 2 saturated carbocycles. The molecule has 0 aliphatic heterocycles. The molecule has 0 aromatic heterocycles. The molecule has 1 N–H and O–H groups in total. The highest BCUT2D eigenvalue weighted by atomic mass is 35.5. The maximum Gasteiger partial charge on any atom is 0.277 e. The van der Waals surface area contributed by atoms with E-state index in [4.69, 9.17) is 16.3 Å². The molecule has 0 radical (unpaired) electrons. The van der Waals surface area contributed by atoms with Crippen LogP contribution in [0.3, 0.4) is 0 Å². The minimum absolute atomic E-state index is 0.0918. The van der Waals surface area contributed by atoms with Crippen LogP contribution in [0, 0.1) is 16.7 Å². The van der Waals surface area contributed by atoms with Crippen molar-refractivity contribution in [3.05, 3.63) is 29.3 Å². The number of nitrogens with zero attached hydrogens (tertiary/aromatic N) is 1. The van der Waals surface area contributed by atoms with E-state index < -0.39 is 0 Å². The molecule has 4 nitrogen and oxygen atoms in total. The normalized spacial score (nSPS) is 29.7. The van der Waals surface area contributed by atoms with Crippen LogP contribution in [0.25, 0.3) is 0 Å². The smallest absolute Gasteiger partial charge is 0.277 e. The summed E-state index contributed by atoms with van der Waals surface area (Å²) in [5, 5.41) is 4.91. The Hall–Kier alpha value is -1.55. The Bertz CT molecular complexity index is 656. The van der Waals surface area contributed by atoms with E-state index in [1.165, 1.54) is 6.42 Å². The van der Waals surface area contributed by atoms with E-state index in [0.717, 1.165) is 18.6 Å². The molecule has 5 heteroatoms. The van der Waals surface area contributed by atoms with Crippen LogP contribution in [0.2, 0.25) is 5.02 Å². The number of carbonyl (C=O) groups is 1. The maximum absolute atomic E-state index is 12.0. The number of rotatable bonds is 4. The highest BCUT2D eigenvalue weighted by Crippen LogP contribution is 2.63. The Morgan fingerprint density at radius 1 is 1.39 bits per heavy atom. The fourth-order valence-corrected chi connectivity index (χ4v) is 4.15. The SMILES string of the molecule is CC1(C)[C@@H]2CC[C@]1(C)/C(=N/NC(=O)COc1ccccc1Cl)C2. The van der Waals surface area contributed by atoms with Crippen molar-refractivity contribution in [3.8, 4) is 5.75 Å². The molecule has 1 aromatic carbocycles. The van der Waals surface area contributed by atoms with E-state index in [1.807, 2.05) is 12.1 Å². The monoisotopic (exact) mass is 334 g/mol. The average Bonchev–Trinajstić information content (AvgIpc) is 2.85. The topological polar surface area (TPSA) is 50.7 Å². The standard InChI is InChI=1S/C18H23ClN2O2/c1-17(2)12-8-9-18(17,3)15(10-12)20-21-16(22)11-23-14-7-5-4-6-13(14)19/h4-7,12H,8-11H2,1-3H3,(H,21,22)/b20-15+/t12-,18-/m1/s1. The summed E-state index contributed by atoms with van der Waals surface area (Å²) in [7, 11) is 0. The maximum atomic E-state index is 12.0. The lowest BCUT2D eigenvalue weighted by molar-refractivity contribution is -0.123. The fourth-order valence-electron chi connectivity index (χ4n) is 3.96. The number of hydrazone groups is 1. The van der Waals surface area contributed by atoms with E-state index in [-0.39, 0.29) is 23.3 Å². The predicted molar refractivity (Wildman–Crippen MR) is 91.8 cm³/mol. The van der Waals surface area contributed by atoms with Gasteiger partial charge in [-0.1, -0.05) is 44.5 Å². The summed E-state index contributed by atoms with van der Waals surface area (Å²) in [5.41, 5.74) is 4.11. The second-order valence-electron chi connectivity index (χ2n) is 7.31.